The van der Waals surface area contributed by atoms with Gasteiger partial charge in [0.1, 0.15) is 6.23 Å². The lowest BCUT2D eigenvalue weighted by Crippen LogP contribution is -2.43. The molecule has 5 heteroatoms. The summed E-state index contributed by atoms with van der Waals surface area (Å²) in [5.74, 6) is 0.690. The zero-order valence-electron chi connectivity index (χ0n) is 14.4. The lowest BCUT2D eigenvalue weighted by molar-refractivity contribution is -0.139. The fraction of sp³-hybridized carbons (Fsp3) is 0.938. The molecule has 0 N–H and O–H groups in total. The molecule has 2 rings (SSSR count). The number of nitrogens with zero attached hydrogens (tertiary/aromatic N) is 1. The van der Waals surface area contributed by atoms with Gasteiger partial charge in [-0.15, -0.1) is 0 Å². The molecule has 2 aliphatic heterocycles. The second-order valence-electron chi connectivity index (χ2n) is 7.88. The van der Waals surface area contributed by atoms with Crippen LogP contribution in [-0.2, 0) is 14.0 Å². The first-order chi connectivity index (χ1) is 9.67. The molecule has 2 aliphatic rings. The summed E-state index contributed by atoms with van der Waals surface area (Å²) < 4.78 is 12.2. The smallest absolute Gasteiger partial charge is 0.224 e. The normalized spacial score (nSPS) is 30.1. The first-order valence-electron chi connectivity index (χ1n) is 8.24. The summed E-state index contributed by atoms with van der Waals surface area (Å²) in [4.78, 5) is 14.1. The van der Waals surface area contributed by atoms with Crippen molar-refractivity contribution >= 4 is 14.2 Å². The zero-order chi connectivity index (χ0) is 15.8. The average molecular weight is 314 g/mol. The molecule has 2 fully saturated rings. The number of hydrogen-bond donors (Lipinski definition) is 0. The predicted octanol–water partition coefficient (Wildman–Crippen LogP) is 3.38. The van der Waals surface area contributed by atoms with Gasteiger partial charge in [-0.2, -0.15) is 0 Å². The Morgan fingerprint density at radius 1 is 1.33 bits per heavy atom. The fourth-order valence-corrected chi connectivity index (χ4v) is 4.21. The van der Waals surface area contributed by atoms with Crippen LogP contribution in [0.4, 0.5) is 0 Å². The molecule has 0 bridgehead atoms. The van der Waals surface area contributed by atoms with E-state index in [1.165, 1.54) is 0 Å². The molecule has 2 saturated heterocycles. The highest BCUT2D eigenvalue weighted by Crippen LogP contribution is 2.41. The summed E-state index contributed by atoms with van der Waals surface area (Å²) >= 11 is 0. The van der Waals surface area contributed by atoms with Crippen LogP contribution in [0.25, 0.3) is 0 Å². The summed E-state index contributed by atoms with van der Waals surface area (Å²) in [7, 11) is -1.72. The zero-order valence-corrected chi connectivity index (χ0v) is 15.4. The van der Waals surface area contributed by atoms with Crippen LogP contribution < -0.4 is 0 Å². The Bertz CT molecular complexity index is 391. The summed E-state index contributed by atoms with van der Waals surface area (Å²) in [6, 6.07) is 0.332. The van der Waals surface area contributed by atoms with Gasteiger partial charge in [-0.05, 0) is 37.9 Å². The van der Waals surface area contributed by atoms with Crippen LogP contribution in [0.5, 0.6) is 0 Å². The fourth-order valence-electron chi connectivity index (χ4n) is 3.14. The summed E-state index contributed by atoms with van der Waals surface area (Å²) in [5, 5.41) is 0.232. The van der Waals surface area contributed by atoms with Crippen molar-refractivity contribution in [1.29, 1.82) is 0 Å². The molecule has 122 valence electrons. The monoisotopic (exact) mass is 313 g/mol. The van der Waals surface area contributed by atoms with E-state index >= 15 is 0 Å². The number of carbonyl (C=O) groups is 1. The molecule has 3 atom stereocenters. The van der Waals surface area contributed by atoms with E-state index in [1.807, 2.05) is 11.8 Å². The molecule has 1 amide bonds. The van der Waals surface area contributed by atoms with E-state index in [2.05, 4.69) is 33.9 Å². The molecule has 2 heterocycles. The molecular weight excluding hydrogens is 282 g/mol. The van der Waals surface area contributed by atoms with Gasteiger partial charge in [-0.3, -0.25) is 4.79 Å². The lowest BCUT2D eigenvalue weighted by atomic mass is 9.99. The Morgan fingerprint density at radius 2 is 2.00 bits per heavy atom. The maximum absolute atomic E-state index is 12.1. The van der Waals surface area contributed by atoms with Crippen LogP contribution in [0.3, 0.4) is 0 Å². The van der Waals surface area contributed by atoms with Gasteiger partial charge in [0.25, 0.3) is 0 Å². The Morgan fingerprint density at radius 3 is 2.57 bits per heavy atom. The number of fused-ring (bicyclic) bond motifs is 1. The van der Waals surface area contributed by atoms with Gasteiger partial charge in [0.05, 0.1) is 0 Å². The number of ether oxygens (including phenoxy) is 1. The minimum absolute atomic E-state index is 0.0250. The first-order valence-corrected chi connectivity index (χ1v) is 11.1. The van der Waals surface area contributed by atoms with Gasteiger partial charge < -0.3 is 14.1 Å². The summed E-state index contributed by atoms with van der Waals surface area (Å²) in [6.07, 6.45) is 2.54. The van der Waals surface area contributed by atoms with E-state index in [-0.39, 0.29) is 17.2 Å². The quantitative estimate of drug-likeness (QED) is 0.730. The number of rotatable bonds is 5. The van der Waals surface area contributed by atoms with Crippen LogP contribution in [0, 0.1) is 5.92 Å². The molecule has 0 spiro atoms. The van der Waals surface area contributed by atoms with Gasteiger partial charge >= 0.3 is 0 Å². The Labute approximate surface area is 130 Å². The molecule has 0 aromatic carbocycles. The summed E-state index contributed by atoms with van der Waals surface area (Å²) in [5.41, 5.74) is 0. The molecule has 4 nitrogen and oxygen atoms in total. The molecule has 0 saturated carbocycles. The SMILES string of the molecule is CCOC1CC(CO[Si](C)(C)C(C)(C)C)C2CCC(=O)N12. The van der Waals surface area contributed by atoms with Gasteiger partial charge in [0, 0.05) is 31.6 Å². The minimum Gasteiger partial charge on any atom is -0.416 e. The van der Waals surface area contributed by atoms with E-state index in [0.29, 0.717) is 25.0 Å². The van der Waals surface area contributed by atoms with E-state index in [4.69, 9.17) is 9.16 Å². The van der Waals surface area contributed by atoms with Crippen molar-refractivity contribution in [3.8, 4) is 0 Å². The molecule has 21 heavy (non-hydrogen) atoms. The average Bonchev–Trinajstić information content (AvgIpc) is 2.89. The number of carbonyl (C=O) groups excluding carboxylic acids is 1. The third-order valence-electron chi connectivity index (χ3n) is 5.48. The van der Waals surface area contributed by atoms with E-state index in [0.717, 1.165) is 19.4 Å². The Hall–Kier alpha value is -0.393. The van der Waals surface area contributed by atoms with Gasteiger partial charge in [-0.25, -0.2) is 0 Å². The Balaban J connectivity index is 2.00. The van der Waals surface area contributed by atoms with Crippen LogP contribution in [0.15, 0.2) is 0 Å². The molecule has 0 aromatic rings. The molecule has 0 radical (unpaired) electrons. The van der Waals surface area contributed by atoms with E-state index in [9.17, 15) is 4.79 Å². The van der Waals surface area contributed by atoms with Crippen molar-refractivity contribution in [3.05, 3.63) is 0 Å². The van der Waals surface area contributed by atoms with E-state index in [1.54, 1.807) is 0 Å². The molecule has 0 aliphatic carbocycles. The highest BCUT2D eigenvalue weighted by atomic mass is 28.4. The Kier molecular flexibility index (Phi) is 4.86. The third-order valence-corrected chi connectivity index (χ3v) is 9.98. The second kappa shape index (κ2) is 6.01. The first kappa shape index (κ1) is 17.0. The van der Waals surface area contributed by atoms with Crippen molar-refractivity contribution in [1.82, 2.24) is 4.90 Å². The minimum atomic E-state index is -1.72. The third kappa shape index (κ3) is 3.35. The molecule has 0 aromatic heterocycles. The van der Waals surface area contributed by atoms with Gasteiger partial charge in [-0.1, -0.05) is 20.8 Å². The lowest BCUT2D eigenvalue weighted by Gasteiger charge is -2.37. The maximum atomic E-state index is 12.1. The highest BCUT2D eigenvalue weighted by Gasteiger charge is 2.48. The predicted molar refractivity (Wildman–Crippen MR) is 86.5 cm³/mol. The second-order valence-corrected chi connectivity index (χ2v) is 12.7. The number of amides is 1. The van der Waals surface area contributed by atoms with Gasteiger partial charge in [0.15, 0.2) is 8.32 Å². The van der Waals surface area contributed by atoms with Crippen LogP contribution in [0.2, 0.25) is 18.1 Å². The van der Waals surface area contributed by atoms with Crippen molar-refractivity contribution in [2.24, 2.45) is 5.92 Å². The molecular formula is C16H31NO3Si. The van der Waals surface area contributed by atoms with Crippen molar-refractivity contribution in [2.75, 3.05) is 13.2 Å². The van der Waals surface area contributed by atoms with Crippen LogP contribution >= 0.6 is 0 Å². The van der Waals surface area contributed by atoms with Gasteiger partial charge in [0.2, 0.25) is 5.91 Å². The highest BCUT2D eigenvalue weighted by molar-refractivity contribution is 6.74. The van der Waals surface area contributed by atoms with Crippen LogP contribution in [0.1, 0.15) is 47.0 Å². The van der Waals surface area contributed by atoms with Crippen molar-refractivity contribution in [3.63, 3.8) is 0 Å². The van der Waals surface area contributed by atoms with Crippen LogP contribution in [-0.4, -0.2) is 44.6 Å². The van der Waals surface area contributed by atoms with E-state index < -0.39 is 8.32 Å². The standard InChI is InChI=1S/C16H31NO3Si/c1-7-19-15-10-12(13-8-9-14(18)17(13)15)11-20-21(5,6)16(2,3)4/h12-13,15H,7-11H2,1-6H3. The topological polar surface area (TPSA) is 38.8 Å². The van der Waals surface area contributed by atoms with Crippen molar-refractivity contribution in [2.45, 2.75) is 77.4 Å². The largest absolute Gasteiger partial charge is 0.416 e. The summed E-state index contributed by atoms with van der Waals surface area (Å²) in [6.45, 7) is 14.8. The molecule has 3 unspecified atom stereocenters. The number of hydrogen-bond acceptors (Lipinski definition) is 3. The van der Waals surface area contributed by atoms with Crippen molar-refractivity contribution < 1.29 is 14.0 Å². The maximum Gasteiger partial charge on any atom is 0.224 e.